The molecule has 1 rings (SSSR count). The molecular formula is C17H24ClNO. The molecule has 1 aromatic carbocycles. The maximum atomic E-state index is 11.8. The monoisotopic (exact) mass is 293 g/mol. The van der Waals surface area contributed by atoms with Crippen molar-refractivity contribution in [2.45, 2.75) is 52.0 Å². The van der Waals surface area contributed by atoms with E-state index in [0.29, 0.717) is 5.02 Å². The van der Waals surface area contributed by atoms with E-state index in [-0.39, 0.29) is 11.9 Å². The number of carbonyl (C=O) groups excluding carboxylic acids is 1. The van der Waals surface area contributed by atoms with Crippen molar-refractivity contribution in [1.82, 2.24) is 5.32 Å². The standard InChI is InChI=1S/C17H24ClNO/c1-3-4-5-6-9-14(2)19-17(20)13-12-15-10-7-8-11-16(15)18/h7-8,10-14H,3-6,9H2,1-2H3,(H,19,20)/b13-12+/t14-/m0/s1. The van der Waals surface area contributed by atoms with Crippen molar-refractivity contribution in [2.75, 3.05) is 0 Å². The van der Waals surface area contributed by atoms with Gasteiger partial charge in [0.05, 0.1) is 0 Å². The van der Waals surface area contributed by atoms with Crippen LogP contribution in [0.4, 0.5) is 0 Å². The predicted molar refractivity (Wildman–Crippen MR) is 86.8 cm³/mol. The van der Waals surface area contributed by atoms with Crippen molar-refractivity contribution in [2.24, 2.45) is 0 Å². The van der Waals surface area contributed by atoms with Crippen LogP contribution in [0.1, 0.15) is 51.5 Å². The minimum Gasteiger partial charge on any atom is -0.350 e. The third kappa shape index (κ3) is 6.76. The van der Waals surface area contributed by atoms with E-state index < -0.39 is 0 Å². The Bertz CT molecular complexity index is 442. The Morgan fingerprint density at radius 3 is 2.75 bits per heavy atom. The first kappa shape index (κ1) is 16.8. The van der Waals surface area contributed by atoms with Gasteiger partial charge in [0.1, 0.15) is 0 Å². The third-order valence-corrected chi connectivity index (χ3v) is 3.54. The average molecular weight is 294 g/mol. The van der Waals surface area contributed by atoms with Crippen LogP contribution in [0.2, 0.25) is 5.02 Å². The van der Waals surface area contributed by atoms with Crippen LogP contribution in [0, 0.1) is 0 Å². The summed E-state index contributed by atoms with van der Waals surface area (Å²) in [6.45, 7) is 4.25. The van der Waals surface area contributed by atoms with Gasteiger partial charge in [-0.3, -0.25) is 4.79 Å². The van der Waals surface area contributed by atoms with Crippen LogP contribution in [0.25, 0.3) is 6.08 Å². The van der Waals surface area contributed by atoms with Crippen molar-refractivity contribution in [3.05, 3.63) is 40.9 Å². The topological polar surface area (TPSA) is 29.1 Å². The summed E-state index contributed by atoms with van der Waals surface area (Å²) < 4.78 is 0. The number of hydrogen-bond acceptors (Lipinski definition) is 1. The van der Waals surface area contributed by atoms with Crippen molar-refractivity contribution < 1.29 is 4.79 Å². The van der Waals surface area contributed by atoms with Crippen LogP contribution in [0.5, 0.6) is 0 Å². The molecule has 3 heteroatoms. The lowest BCUT2D eigenvalue weighted by Gasteiger charge is -2.12. The fourth-order valence-electron chi connectivity index (χ4n) is 2.02. The first-order chi connectivity index (χ1) is 9.63. The molecule has 0 unspecified atom stereocenters. The number of halogens is 1. The molecule has 0 aliphatic rings. The molecule has 20 heavy (non-hydrogen) atoms. The molecule has 0 aromatic heterocycles. The Kier molecular flexibility index (Phi) is 8.05. The van der Waals surface area contributed by atoms with Gasteiger partial charge >= 0.3 is 0 Å². The highest BCUT2D eigenvalue weighted by Gasteiger charge is 2.04. The fraction of sp³-hybridized carbons (Fsp3) is 0.471. The van der Waals surface area contributed by atoms with E-state index in [4.69, 9.17) is 11.6 Å². The smallest absolute Gasteiger partial charge is 0.244 e. The number of benzene rings is 1. The highest BCUT2D eigenvalue weighted by atomic mass is 35.5. The Labute approximate surface area is 127 Å². The second-order valence-corrected chi connectivity index (χ2v) is 5.52. The van der Waals surface area contributed by atoms with Gasteiger partial charge in [0.25, 0.3) is 0 Å². The molecule has 1 amide bonds. The lowest BCUT2D eigenvalue weighted by molar-refractivity contribution is -0.117. The van der Waals surface area contributed by atoms with E-state index in [2.05, 4.69) is 12.2 Å². The largest absolute Gasteiger partial charge is 0.350 e. The molecule has 0 spiro atoms. The number of rotatable bonds is 8. The summed E-state index contributed by atoms with van der Waals surface area (Å²) in [5.41, 5.74) is 0.861. The second-order valence-electron chi connectivity index (χ2n) is 5.11. The molecule has 0 bridgehead atoms. The number of hydrogen-bond donors (Lipinski definition) is 1. The van der Waals surface area contributed by atoms with E-state index in [1.807, 2.05) is 31.2 Å². The fourth-order valence-corrected chi connectivity index (χ4v) is 2.21. The van der Waals surface area contributed by atoms with Crippen LogP contribution in [0.15, 0.2) is 30.3 Å². The normalized spacial score (nSPS) is 12.6. The molecule has 0 aliphatic heterocycles. The van der Waals surface area contributed by atoms with Gasteiger partial charge in [-0.1, -0.05) is 62.4 Å². The van der Waals surface area contributed by atoms with Gasteiger partial charge < -0.3 is 5.32 Å². The van der Waals surface area contributed by atoms with Crippen molar-refractivity contribution in [3.8, 4) is 0 Å². The zero-order chi connectivity index (χ0) is 14.8. The first-order valence-electron chi connectivity index (χ1n) is 7.36. The van der Waals surface area contributed by atoms with Crippen LogP contribution >= 0.6 is 11.6 Å². The SMILES string of the molecule is CCCCCC[C@H](C)NC(=O)/C=C/c1ccccc1Cl. The van der Waals surface area contributed by atoms with Crippen molar-refractivity contribution in [1.29, 1.82) is 0 Å². The lowest BCUT2D eigenvalue weighted by Crippen LogP contribution is -2.30. The minimum absolute atomic E-state index is 0.0621. The zero-order valence-electron chi connectivity index (χ0n) is 12.4. The van der Waals surface area contributed by atoms with Gasteiger partial charge in [-0.05, 0) is 31.1 Å². The molecule has 0 radical (unpaired) electrons. The van der Waals surface area contributed by atoms with Gasteiger partial charge in [0.15, 0.2) is 0 Å². The van der Waals surface area contributed by atoms with Crippen molar-refractivity contribution in [3.63, 3.8) is 0 Å². The summed E-state index contributed by atoms with van der Waals surface area (Å²) in [4.78, 5) is 11.8. The Balaban J connectivity index is 2.34. The quantitative estimate of drug-likeness (QED) is 0.540. The number of carbonyl (C=O) groups is 1. The lowest BCUT2D eigenvalue weighted by atomic mass is 10.1. The van der Waals surface area contributed by atoms with Gasteiger partial charge in [0.2, 0.25) is 5.91 Å². The molecule has 1 N–H and O–H groups in total. The molecule has 0 saturated heterocycles. The summed E-state index contributed by atoms with van der Waals surface area (Å²) >= 11 is 6.03. The van der Waals surface area contributed by atoms with Crippen molar-refractivity contribution >= 4 is 23.6 Å². The molecule has 1 atom stereocenters. The summed E-state index contributed by atoms with van der Waals surface area (Å²) in [6, 6.07) is 7.70. The molecule has 0 saturated carbocycles. The summed E-state index contributed by atoms with van der Waals surface area (Å²) in [5.74, 6) is -0.0621. The Hall–Kier alpha value is -1.28. The average Bonchev–Trinajstić information content (AvgIpc) is 2.43. The van der Waals surface area contributed by atoms with Gasteiger partial charge in [-0.25, -0.2) is 0 Å². The summed E-state index contributed by atoms with van der Waals surface area (Å²) in [6.07, 6.45) is 9.25. The number of amides is 1. The number of unbranched alkanes of at least 4 members (excludes halogenated alkanes) is 3. The van der Waals surface area contributed by atoms with E-state index in [1.54, 1.807) is 12.2 Å². The molecule has 1 aromatic rings. The maximum Gasteiger partial charge on any atom is 0.244 e. The first-order valence-corrected chi connectivity index (χ1v) is 7.74. The predicted octanol–water partition coefficient (Wildman–Crippen LogP) is 4.83. The molecular weight excluding hydrogens is 270 g/mol. The summed E-state index contributed by atoms with van der Waals surface area (Å²) in [7, 11) is 0. The molecule has 0 aliphatic carbocycles. The highest BCUT2D eigenvalue weighted by Crippen LogP contribution is 2.16. The van der Waals surface area contributed by atoms with Gasteiger partial charge in [-0.15, -0.1) is 0 Å². The Morgan fingerprint density at radius 2 is 2.05 bits per heavy atom. The van der Waals surface area contributed by atoms with Gasteiger partial charge in [-0.2, -0.15) is 0 Å². The van der Waals surface area contributed by atoms with Crippen LogP contribution < -0.4 is 5.32 Å². The van der Waals surface area contributed by atoms with Gasteiger partial charge in [0, 0.05) is 17.1 Å². The zero-order valence-corrected chi connectivity index (χ0v) is 13.1. The van der Waals surface area contributed by atoms with E-state index >= 15 is 0 Å². The third-order valence-electron chi connectivity index (χ3n) is 3.20. The maximum absolute atomic E-state index is 11.8. The van der Waals surface area contributed by atoms with E-state index in [1.165, 1.54) is 25.7 Å². The number of nitrogens with one attached hydrogen (secondary N) is 1. The van der Waals surface area contributed by atoms with Crippen LogP contribution in [-0.4, -0.2) is 11.9 Å². The van der Waals surface area contributed by atoms with Crippen LogP contribution in [-0.2, 0) is 4.79 Å². The van der Waals surface area contributed by atoms with E-state index in [9.17, 15) is 4.79 Å². The molecule has 0 heterocycles. The molecule has 110 valence electrons. The highest BCUT2D eigenvalue weighted by molar-refractivity contribution is 6.32. The second kappa shape index (κ2) is 9.60. The van der Waals surface area contributed by atoms with E-state index in [0.717, 1.165) is 12.0 Å². The summed E-state index contributed by atoms with van der Waals surface area (Å²) in [5, 5.41) is 3.63. The minimum atomic E-state index is -0.0621. The molecule has 0 fully saturated rings. The van der Waals surface area contributed by atoms with Crippen LogP contribution in [0.3, 0.4) is 0 Å². The molecule has 2 nitrogen and oxygen atoms in total. The Morgan fingerprint density at radius 1 is 1.30 bits per heavy atom.